The van der Waals surface area contributed by atoms with Crippen LogP contribution in [0, 0.1) is 19.7 Å². The number of amides is 1. The lowest BCUT2D eigenvalue weighted by Gasteiger charge is -2.17. The van der Waals surface area contributed by atoms with Gasteiger partial charge in [0.25, 0.3) is 0 Å². The number of ether oxygens (including phenoxy) is 1. The zero-order valence-corrected chi connectivity index (χ0v) is 18.2. The molecule has 0 bridgehead atoms. The summed E-state index contributed by atoms with van der Waals surface area (Å²) in [5.74, 6) is 0.0460. The van der Waals surface area contributed by atoms with E-state index in [2.05, 4.69) is 20.9 Å². The summed E-state index contributed by atoms with van der Waals surface area (Å²) < 4.78 is 19.4. The molecule has 31 heavy (non-hydrogen) atoms. The fourth-order valence-electron chi connectivity index (χ4n) is 3.18. The van der Waals surface area contributed by atoms with E-state index in [1.807, 2.05) is 33.0 Å². The summed E-state index contributed by atoms with van der Waals surface area (Å²) in [6.45, 7) is 6.60. The summed E-state index contributed by atoms with van der Waals surface area (Å²) in [6.07, 6.45) is 4.99. The number of carbonyl (C=O) groups excluding carboxylic acids is 1. The molecule has 0 aliphatic rings. The van der Waals surface area contributed by atoms with E-state index in [-0.39, 0.29) is 11.7 Å². The molecule has 6 nitrogen and oxygen atoms in total. The summed E-state index contributed by atoms with van der Waals surface area (Å²) in [5, 5.41) is 10.0. The molecule has 1 amide bonds. The molecular formula is C24H27FN4O2. The van der Waals surface area contributed by atoms with Gasteiger partial charge in [-0.3, -0.25) is 9.78 Å². The molecular weight excluding hydrogens is 395 g/mol. The van der Waals surface area contributed by atoms with E-state index in [0.29, 0.717) is 30.2 Å². The summed E-state index contributed by atoms with van der Waals surface area (Å²) >= 11 is 0. The number of nitrogens with zero attached hydrogens (tertiary/aromatic N) is 1. The van der Waals surface area contributed by atoms with Crippen molar-refractivity contribution in [3.8, 4) is 5.75 Å². The summed E-state index contributed by atoms with van der Waals surface area (Å²) in [4.78, 5) is 16.9. The summed E-state index contributed by atoms with van der Waals surface area (Å²) in [6, 6.07) is 8.55. The normalized spacial score (nSPS) is 11.1. The number of benzene rings is 2. The lowest BCUT2D eigenvalue weighted by Crippen LogP contribution is -2.11. The Morgan fingerprint density at radius 3 is 2.71 bits per heavy atom. The van der Waals surface area contributed by atoms with Gasteiger partial charge in [0.2, 0.25) is 5.91 Å². The van der Waals surface area contributed by atoms with E-state index >= 15 is 0 Å². The number of hydrogen-bond donors (Lipinski definition) is 3. The molecule has 0 unspecified atom stereocenters. The van der Waals surface area contributed by atoms with Crippen LogP contribution in [0.3, 0.4) is 0 Å². The minimum atomic E-state index is -0.250. The van der Waals surface area contributed by atoms with Crippen molar-refractivity contribution in [3.05, 3.63) is 65.6 Å². The molecule has 0 saturated heterocycles. The molecule has 0 aliphatic carbocycles. The molecule has 2 aromatic carbocycles. The van der Waals surface area contributed by atoms with Gasteiger partial charge in [-0.25, -0.2) is 4.39 Å². The van der Waals surface area contributed by atoms with Gasteiger partial charge in [-0.2, -0.15) is 0 Å². The lowest BCUT2D eigenvalue weighted by atomic mass is 10.1. The van der Waals surface area contributed by atoms with Gasteiger partial charge in [0.15, 0.2) is 0 Å². The number of fused-ring (bicyclic) bond motifs is 1. The Morgan fingerprint density at radius 1 is 1.19 bits per heavy atom. The van der Waals surface area contributed by atoms with Gasteiger partial charge < -0.3 is 20.7 Å². The highest BCUT2D eigenvalue weighted by molar-refractivity contribution is 6.04. The number of halogens is 1. The van der Waals surface area contributed by atoms with Gasteiger partial charge in [-0.05, 0) is 63.2 Å². The van der Waals surface area contributed by atoms with E-state index < -0.39 is 0 Å². The quantitative estimate of drug-likeness (QED) is 0.453. The van der Waals surface area contributed by atoms with Crippen LogP contribution in [0.4, 0.5) is 21.5 Å². The Hall–Kier alpha value is -3.45. The average Bonchev–Trinajstić information content (AvgIpc) is 2.74. The highest BCUT2D eigenvalue weighted by atomic mass is 19.1. The highest BCUT2D eigenvalue weighted by Crippen LogP contribution is 2.36. The average molecular weight is 423 g/mol. The third kappa shape index (κ3) is 5.38. The van der Waals surface area contributed by atoms with Gasteiger partial charge in [0.1, 0.15) is 11.6 Å². The van der Waals surface area contributed by atoms with Crippen LogP contribution < -0.4 is 20.7 Å². The fraction of sp³-hybridized carbons (Fsp3) is 0.250. The Bertz CT molecular complexity index is 1130. The maximum atomic E-state index is 13.7. The Kier molecular flexibility index (Phi) is 7.20. The second-order valence-corrected chi connectivity index (χ2v) is 7.15. The maximum absolute atomic E-state index is 13.7. The first-order chi connectivity index (χ1) is 14.9. The van der Waals surface area contributed by atoms with E-state index in [9.17, 15) is 9.18 Å². The smallest absolute Gasteiger partial charge is 0.248 e. The van der Waals surface area contributed by atoms with Crippen molar-refractivity contribution in [2.24, 2.45) is 0 Å². The number of nitrogens with one attached hydrogen (secondary N) is 3. The molecule has 0 fully saturated rings. The number of anilines is 3. The molecule has 1 heterocycles. The van der Waals surface area contributed by atoms with Crippen LogP contribution in [0.1, 0.15) is 18.1 Å². The first kappa shape index (κ1) is 22.2. The summed E-state index contributed by atoms with van der Waals surface area (Å²) in [5.41, 5.74) is 4.35. The highest BCUT2D eigenvalue weighted by Gasteiger charge is 2.14. The Morgan fingerprint density at radius 2 is 2.00 bits per heavy atom. The van der Waals surface area contributed by atoms with E-state index in [4.69, 9.17) is 4.74 Å². The van der Waals surface area contributed by atoms with Crippen LogP contribution >= 0.6 is 0 Å². The minimum Gasteiger partial charge on any atom is -0.492 e. The van der Waals surface area contributed by atoms with Gasteiger partial charge in [0.05, 0.1) is 23.5 Å². The van der Waals surface area contributed by atoms with Gasteiger partial charge in [-0.15, -0.1) is 0 Å². The minimum absolute atomic E-state index is 0.250. The van der Waals surface area contributed by atoms with Crippen LogP contribution in [0.25, 0.3) is 10.9 Å². The number of pyridine rings is 1. The molecule has 7 heteroatoms. The molecule has 0 radical (unpaired) electrons. The first-order valence-corrected chi connectivity index (χ1v) is 10.1. The standard InChI is InChI=1S/C24H27FN4O2/c1-5-31-22-13-20-18(12-21(22)29-23(30)7-6-10-26-4)24(16(3)14-27-20)28-17-8-9-19(25)15(2)11-17/h6-9,11-14,26H,5,10H2,1-4H3,(H,27,28)(H,29,30)/b7-6+. The van der Waals surface area contributed by atoms with Crippen molar-refractivity contribution in [2.75, 3.05) is 30.8 Å². The lowest BCUT2D eigenvalue weighted by molar-refractivity contribution is -0.111. The molecule has 0 atom stereocenters. The molecule has 0 aliphatic heterocycles. The van der Waals surface area contributed by atoms with Crippen molar-refractivity contribution in [1.82, 2.24) is 10.3 Å². The number of aryl methyl sites for hydroxylation is 2. The second-order valence-electron chi connectivity index (χ2n) is 7.15. The topological polar surface area (TPSA) is 75.3 Å². The van der Waals surface area contributed by atoms with Crippen molar-refractivity contribution in [2.45, 2.75) is 20.8 Å². The number of likely N-dealkylation sites (N-methyl/N-ethyl adjacent to an activating group) is 1. The second kappa shape index (κ2) is 10.0. The number of hydrogen-bond acceptors (Lipinski definition) is 5. The SMILES string of the molecule is CCOc1cc2ncc(C)c(Nc3ccc(F)c(C)c3)c2cc1NC(=O)/C=C/CNC. The molecule has 3 N–H and O–H groups in total. The van der Waals surface area contributed by atoms with Crippen LogP contribution in [0.5, 0.6) is 5.75 Å². The van der Waals surface area contributed by atoms with E-state index in [0.717, 1.165) is 27.8 Å². The number of carbonyl (C=O) groups is 1. The number of aromatic nitrogens is 1. The van der Waals surface area contributed by atoms with Crippen LogP contribution in [-0.2, 0) is 4.79 Å². The van der Waals surface area contributed by atoms with E-state index in [1.165, 1.54) is 12.1 Å². The Balaban J connectivity index is 2.05. The molecule has 162 valence electrons. The summed E-state index contributed by atoms with van der Waals surface area (Å²) in [7, 11) is 1.81. The zero-order chi connectivity index (χ0) is 22.4. The number of rotatable bonds is 8. The largest absolute Gasteiger partial charge is 0.492 e. The first-order valence-electron chi connectivity index (χ1n) is 10.1. The van der Waals surface area contributed by atoms with Crippen LogP contribution in [0.15, 0.2) is 48.7 Å². The molecule has 3 rings (SSSR count). The van der Waals surface area contributed by atoms with Crippen molar-refractivity contribution < 1.29 is 13.9 Å². The van der Waals surface area contributed by atoms with Crippen LogP contribution in [0.2, 0.25) is 0 Å². The molecule has 1 aromatic heterocycles. The van der Waals surface area contributed by atoms with E-state index in [1.54, 1.807) is 31.3 Å². The van der Waals surface area contributed by atoms with Crippen molar-refractivity contribution in [3.63, 3.8) is 0 Å². The monoisotopic (exact) mass is 422 g/mol. The van der Waals surface area contributed by atoms with Gasteiger partial charge in [0, 0.05) is 36.0 Å². The Labute approximate surface area is 181 Å². The fourth-order valence-corrected chi connectivity index (χ4v) is 3.18. The molecule has 3 aromatic rings. The van der Waals surface area contributed by atoms with Crippen molar-refractivity contribution >= 4 is 33.9 Å². The van der Waals surface area contributed by atoms with Gasteiger partial charge >= 0.3 is 0 Å². The predicted molar refractivity (Wildman–Crippen MR) is 124 cm³/mol. The van der Waals surface area contributed by atoms with Crippen LogP contribution in [-0.4, -0.2) is 31.1 Å². The van der Waals surface area contributed by atoms with Gasteiger partial charge in [-0.1, -0.05) is 6.08 Å². The molecule has 0 spiro atoms. The predicted octanol–water partition coefficient (Wildman–Crippen LogP) is 4.85. The third-order valence-electron chi connectivity index (χ3n) is 4.74. The van der Waals surface area contributed by atoms with Crippen molar-refractivity contribution in [1.29, 1.82) is 0 Å². The molecule has 0 saturated carbocycles. The third-order valence-corrected chi connectivity index (χ3v) is 4.74. The zero-order valence-electron chi connectivity index (χ0n) is 18.2. The maximum Gasteiger partial charge on any atom is 0.248 e.